The molecule has 0 aliphatic rings. The summed E-state index contributed by atoms with van der Waals surface area (Å²) in [6.07, 6.45) is 3.20. The molecule has 0 atom stereocenters. The van der Waals surface area contributed by atoms with Crippen LogP contribution in [0.2, 0.25) is 18.1 Å². The normalized spacial score (nSPS) is 10.8. The smallest absolute Gasteiger partial charge is 0.229 e. The molecular formula is C13H18ClFO2Si. The second-order valence-corrected chi connectivity index (χ2v) is 7.18. The van der Waals surface area contributed by atoms with Gasteiger partial charge in [0.2, 0.25) is 9.04 Å². The van der Waals surface area contributed by atoms with Gasteiger partial charge >= 0.3 is 0 Å². The number of carbonyl (C=O) groups is 1. The van der Waals surface area contributed by atoms with Crippen LogP contribution < -0.4 is 4.43 Å². The van der Waals surface area contributed by atoms with Crippen LogP contribution in [0.25, 0.3) is 0 Å². The number of aryl methyl sites for hydroxylation is 1. The van der Waals surface area contributed by atoms with Crippen molar-refractivity contribution >= 4 is 26.9 Å². The summed E-state index contributed by atoms with van der Waals surface area (Å²) < 4.78 is 19.5. The Morgan fingerprint density at radius 3 is 2.67 bits per heavy atom. The van der Waals surface area contributed by atoms with Crippen molar-refractivity contribution in [3.05, 3.63) is 28.0 Å². The summed E-state index contributed by atoms with van der Waals surface area (Å²) in [5.41, 5.74) is 0.807. The zero-order valence-electron chi connectivity index (χ0n) is 10.9. The Balaban J connectivity index is 3.24. The average Bonchev–Trinajstić information content (AvgIpc) is 2.33. The van der Waals surface area contributed by atoms with Gasteiger partial charge in [0, 0.05) is 0 Å². The van der Waals surface area contributed by atoms with Crippen molar-refractivity contribution in [3.8, 4) is 5.75 Å². The van der Waals surface area contributed by atoms with Gasteiger partial charge in [0.05, 0.1) is 10.6 Å². The van der Waals surface area contributed by atoms with Crippen LogP contribution in [-0.4, -0.2) is 15.3 Å². The lowest BCUT2D eigenvalue weighted by atomic mass is 10.0. The SMILES string of the molecule is CCCCc1cc(C=O)c(F)c(O[SiH](C)C)c1Cl. The second-order valence-electron chi connectivity index (χ2n) is 4.47. The minimum atomic E-state index is -1.47. The third kappa shape index (κ3) is 3.56. The van der Waals surface area contributed by atoms with Gasteiger partial charge in [-0.2, -0.15) is 0 Å². The predicted octanol–water partition coefficient (Wildman–Crippen LogP) is 4.00. The van der Waals surface area contributed by atoms with E-state index in [9.17, 15) is 9.18 Å². The Morgan fingerprint density at radius 1 is 1.50 bits per heavy atom. The first-order valence-corrected chi connectivity index (χ1v) is 9.29. The number of halogens is 2. The lowest BCUT2D eigenvalue weighted by molar-refractivity contribution is 0.111. The van der Waals surface area contributed by atoms with Crippen LogP contribution in [0.5, 0.6) is 5.75 Å². The molecule has 0 unspecified atom stereocenters. The molecule has 0 amide bonds. The van der Waals surface area contributed by atoms with Gasteiger partial charge < -0.3 is 4.43 Å². The third-order valence-electron chi connectivity index (χ3n) is 2.54. The average molecular weight is 289 g/mol. The van der Waals surface area contributed by atoms with E-state index in [2.05, 4.69) is 6.92 Å². The van der Waals surface area contributed by atoms with E-state index in [0.717, 1.165) is 24.8 Å². The largest absolute Gasteiger partial charge is 0.544 e. The number of hydrogen-bond donors (Lipinski definition) is 0. The summed E-state index contributed by atoms with van der Waals surface area (Å²) in [7, 11) is -1.47. The van der Waals surface area contributed by atoms with Crippen molar-refractivity contribution in [3.63, 3.8) is 0 Å². The van der Waals surface area contributed by atoms with Gasteiger partial charge in [0.15, 0.2) is 17.9 Å². The molecule has 0 fully saturated rings. The van der Waals surface area contributed by atoms with Gasteiger partial charge in [0.1, 0.15) is 0 Å². The molecule has 0 N–H and O–H groups in total. The zero-order chi connectivity index (χ0) is 13.7. The van der Waals surface area contributed by atoms with E-state index in [0.29, 0.717) is 11.3 Å². The van der Waals surface area contributed by atoms with Gasteiger partial charge in [-0.1, -0.05) is 24.9 Å². The Hall–Kier alpha value is -0.873. The monoisotopic (exact) mass is 288 g/mol. The molecule has 0 aromatic heterocycles. The lowest BCUT2D eigenvalue weighted by Crippen LogP contribution is -2.14. The maximum absolute atomic E-state index is 14.0. The zero-order valence-corrected chi connectivity index (χ0v) is 12.8. The lowest BCUT2D eigenvalue weighted by Gasteiger charge is -2.16. The van der Waals surface area contributed by atoms with Gasteiger partial charge in [-0.3, -0.25) is 4.79 Å². The summed E-state index contributed by atoms with van der Waals surface area (Å²) in [4.78, 5) is 10.9. The fraction of sp³-hybridized carbons (Fsp3) is 0.462. The van der Waals surface area contributed by atoms with E-state index >= 15 is 0 Å². The van der Waals surface area contributed by atoms with E-state index in [1.54, 1.807) is 0 Å². The minimum absolute atomic E-state index is 0.0233. The van der Waals surface area contributed by atoms with Crippen LogP contribution in [0.15, 0.2) is 6.07 Å². The first-order chi connectivity index (χ1) is 8.51. The van der Waals surface area contributed by atoms with Crippen LogP contribution in [0.1, 0.15) is 35.7 Å². The van der Waals surface area contributed by atoms with Crippen molar-refractivity contribution in [2.75, 3.05) is 0 Å². The van der Waals surface area contributed by atoms with Crippen molar-refractivity contribution in [2.45, 2.75) is 39.3 Å². The van der Waals surface area contributed by atoms with Crippen molar-refractivity contribution in [1.29, 1.82) is 0 Å². The molecule has 0 heterocycles. The molecule has 100 valence electrons. The topological polar surface area (TPSA) is 26.3 Å². The van der Waals surface area contributed by atoms with E-state index in [-0.39, 0.29) is 11.3 Å². The number of unbranched alkanes of at least 4 members (excludes halogenated alkanes) is 1. The molecule has 1 rings (SSSR count). The van der Waals surface area contributed by atoms with Gasteiger partial charge in [-0.15, -0.1) is 0 Å². The molecule has 1 aromatic rings. The van der Waals surface area contributed by atoms with E-state index in [1.165, 1.54) is 6.07 Å². The maximum atomic E-state index is 14.0. The number of rotatable bonds is 6. The predicted molar refractivity (Wildman–Crippen MR) is 74.9 cm³/mol. The number of hydrogen-bond acceptors (Lipinski definition) is 2. The van der Waals surface area contributed by atoms with Crippen LogP contribution in [-0.2, 0) is 6.42 Å². The highest BCUT2D eigenvalue weighted by Gasteiger charge is 2.18. The fourth-order valence-corrected chi connectivity index (χ4v) is 2.71. The molecule has 18 heavy (non-hydrogen) atoms. The molecule has 5 heteroatoms. The quantitative estimate of drug-likeness (QED) is 0.584. The summed E-state index contributed by atoms with van der Waals surface area (Å²) in [5, 5.41) is 0.313. The first-order valence-electron chi connectivity index (χ1n) is 6.13. The summed E-state index contributed by atoms with van der Waals surface area (Å²) >= 11 is 6.16. The Bertz CT molecular complexity index is 435. The molecular weight excluding hydrogens is 271 g/mol. The summed E-state index contributed by atoms with van der Waals surface area (Å²) in [6, 6.07) is 1.52. The van der Waals surface area contributed by atoms with Crippen molar-refractivity contribution < 1.29 is 13.6 Å². The molecule has 0 bridgehead atoms. The van der Waals surface area contributed by atoms with Crippen LogP contribution in [0, 0.1) is 5.82 Å². The number of aldehydes is 1. The first kappa shape index (κ1) is 15.2. The van der Waals surface area contributed by atoms with Gasteiger partial charge in [0.25, 0.3) is 0 Å². The minimum Gasteiger partial charge on any atom is -0.544 e. The molecule has 0 aliphatic heterocycles. The number of benzene rings is 1. The Labute approximate surface area is 114 Å². The number of carbonyl (C=O) groups excluding carboxylic acids is 1. The highest BCUT2D eigenvalue weighted by atomic mass is 35.5. The fourth-order valence-electron chi connectivity index (χ4n) is 1.66. The Kier molecular flexibility index (Phi) is 5.82. The molecule has 2 nitrogen and oxygen atoms in total. The standard InChI is InChI=1S/C13H18ClFO2Si/c1-4-5-6-9-7-10(8-16)12(15)13(11(9)14)17-18(2)3/h7-8,18H,4-6H2,1-3H3. The van der Waals surface area contributed by atoms with Crippen molar-refractivity contribution in [1.82, 2.24) is 0 Å². The highest BCUT2D eigenvalue weighted by molar-refractivity contribution is 6.49. The van der Waals surface area contributed by atoms with E-state index in [1.807, 2.05) is 13.1 Å². The molecule has 0 saturated heterocycles. The van der Waals surface area contributed by atoms with E-state index < -0.39 is 14.9 Å². The molecule has 0 spiro atoms. The summed E-state index contributed by atoms with van der Waals surface area (Å²) in [5.74, 6) is -0.592. The van der Waals surface area contributed by atoms with Crippen LogP contribution in [0.4, 0.5) is 4.39 Å². The Morgan fingerprint density at radius 2 is 2.17 bits per heavy atom. The van der Waals surface area contributed by atoms with E-state index in [4.69, 9.17) is 16.0 Å². The summed E-state index contributed by atoms with van der Waals surface area (Å²) in [6.45, 7) is 5.92. The van der Waals surface area contributed by atoms with Crippen molar-refractivity contribution in [2.24, 2.45) is 0 Å². The third-order valence-corrected chi connectivity index (χ3v) is 3.67. The molecule has 0 saturated carbocycles. The van der Waals surface area contributed by atoms with Crippen LogP contribution >= 0.6 is 11.6 Å². The molecule has 1 aromatic carbocycles. The second kappa shape index (κ2) is 6.90. The van der Waals surface area contributed by atoms with Gasteiger partial charge in [-0.05, 0) is 37.6 Å². The van der Waals surface area contributed by atoms with Gasteiger partial charge in [-0.25, -0.2) is 4.39 Å². The molecule has 0 radical (unpaired) electrons. The maximum Gasteiger partial charge on any atom is 0.229 e. The molecule has 0 aliphatic carbocycles. The highest BCUT2D eigenvalue weighted by Crippen LogP contribution is 2.34. The van der Waals surface area contributed by atoms with Crippen LogP contribution in [0.3, 0.4) is 0 Å².